The van der Waals surface area contributed by atoms with Gasteiger partial charge >= 0.3 is 5.97 Å². The number of piperazine rings is 1. The van der Waals surface area contributed by atoms with Gasteiger partial charge in [-0.3, -0.25) is 9.69 Å². The maximum absolute atomic E-state index is 12.6. The Morgan fingerprint density at radius 2 is 1.77 bits per heavy atom. The van der Waals surface area contributed by atoms with Crippen LogP contribution in [0, 0.1) is 0 Å². The first-order valence-electron chi connectivity index (χ1n) is 6.65. The molecule has 1 fully saturated rings. The summed E-state index contributed by atoms with van der Waals surface area (Å²) in [6, 6.07) is 3.55. The van der Waals surface area contributed by atoms with Crippen molar-refractivity contribution < 1.29 is 18.3 Å². The molecule has 0 radical (unpaired) electrons. The molecule has 1 aliphatic rings. The van der Waals surface area contributed by atoms with Gasteiger partial charge in [0.25, 0.3) is 0 Å². The lowest BCUT2D eigenvalue weighted by Gasteiger charge is -2.35. The summed E-state index contributed by atoms with van der Waals surface area (Å²) in [5.41, 5.74) is 0. The Bertz CT molecular complexity index is 673. The topological polar surface area (TPSA) is 77.9 Å². The molecule has 0 bridgehead atoms. The second-order valence-corrected chi connectivity index (χ2v) is 7.78. The molecule has 1 unspecified atom stereocenters. The van der Waals surface area contributed by atoms with E-state index in [1.165, 1.54) is 22.5 Å². The lowest BCUT2D eigenvalue weighted by molar-refractivity contribution is -0.143. The average Bonchev–Trinajstić information content (AvgIpc) is 2.49. The van der Waals surface area contributed by atoms with Gasteiger partial charge in [-0.25, -0.2) is 8.42 Å². The van der Waals surface area contributed by atoms with E-state index in [1.807, 2.05) is 0 Å². The number of nitrogens with zero attached hydrogens (tertiary/aromatic N) is 2. The van der Waals surface area contributed by atoms with E-state index in [1.54, 1.807) is 11.8 Å². The highest BCUT2D eigenvalue weighted by molar-refractivity contribution is 7.89. The Morgan fingerprint density at radius 3 is 2.27 bits per heavy atom. The predicted octanol–water partition coefficient (Wildman–Crippen LogP) is 1.77. The molecule has 0 spiro atoms. The van der Waals surface area contributed by atoms with Gasteiger partial charge in [0.05, 0.1) is 14.9 Å². The maximum atomic E-state index is 12.6. The van der Waals surface area contributed by atoms with Crippen molar-refractivity contribution >= 4 is 39.2 Å². The molecule has 1 aromatic rings. The number of hydrogen-bond acceptors (Lipinski definition) is 4. The van der Waals surface area contributed by atoms with Crippen molar-refractivity contribution in [1.82, 2.24) is 9.21 Å². The molecular weight excluding hydrogens is 351 g/mol. The number of carbonyl (C=O) groups is 1. The minimum atomic E-state index is -3.65. The van der Waals surface area contributed by atoms with Crippen LogP contribution in [0.3, 0.4) is 0 Å². The largest absolute Gasteiger partial charge is 0.480 e. The first kappa shape index (κ1) is 17.5. The maximum Gasteiger partial charge on any atom is 0.320 e. The van der Waals surface area contributed by atoms with E-state index in [-0.39, 0.29) is 23.0 Å². The fraction of sp³-hybridized carbons (Fsp3) is 0.462. The molecule has 9 heteroatoms. The smallest absolute Gasteiger partial charge is 0.320 e. The first-order valence-corrected chi connectivity index (χ1v) is 8.85. The number of hydrogen-bond donors (Lipinski definition) is 1. The van der Waals surface area contributed by atoms with Gasteiger partial charge in [0, 0.05) is 26.2 Å². The Labute approximate surface area is 139 Å². The number of sulfonamides is 1. The minimum absolute atomic E-state index is 0.0848. The van der Waals surface area contributed by atoms with Crippen LogP contribution in [0.5, 0.6) is 0 Å². The molecular formula is C13H16Cl2N2O4S. The number of aliphatic carboxylic acids is 1. The molecule has 1 N–H and O–H groups in total. The molecule has 1 heterocycles. The van der Waals surface area contributed by atoms with Gasteiger partial charge in [-0.2, -0.15) is 4.31 Å². The van der Waals surface area contributed by atoms with Crippen molar-refractivity contribution in [2.24, 2.45) is 0 Å². The first-order chi connectivity index (χ1) is 10.2. The summed E-state index contributed by atoms with van der Waals surface area (Å²) in [7, 11) is -3.65. The quantitative estimate of drug-likeness (QED) is 0.878. The Morgan fingerprint density at radius 1 is 1.18 bits per heavy atom. The van der Waals surface area contributed by atoms with E-state index < -0.39 is 22.0 Å². The van der Waals surface area contributed by atoms with Crippen LogP contribution >= 0.6 is 23.2 Å². The normalized spacial score (nSPS) is 19.0. The third kappa shape index (κ3) is 3.55. The van der Waals surface area contributed by atoms with Gasteiger partial charge in [-0.1, -0.05) is 23.2 Å². The fourth-order valence-electron chi connectivity index (χ4n) is 2.27. The SMILES string of the molecule is CC(C(=O)O)N1CCN(S(=O)(=O)c2ccc(Cl)c(Cl)c2)CC1. The highest BCUT2D eigenvalue weighted by Gasteiger charge is 2.31. The molecule has 2 rings (SSSR count). The van der Waals surface area contributed by atoms with Gasteiger partial charge in [0.1, 0.15) is 6.04 Å². The zero-order valence-electron chi connectivity index (χ0n) is 11.9. The van der Waals surface area contributed by atoms with Gasteiger partial charge in [0.15, 0.2) is 0 Å². The van der Waals surface area contributed by atoms with Gasteiger partial charge in [0.2, 0.25) is 10.0 Å². The molecule has 22 heavy (non-hydrogen) atoms. The summed E-state index contributed by atoms with van der Waals surface area (Å²) in [4.78, 5) is 12.8. The van der Waals surface area contributed by atoms with Gasteiger partial charge in [-0.05, 0) is 25.1 Å². The predicted molar refractivity (Wildman–Crippen MR) is 83.9 cm³/mol. The molecule has 1 aliphatic heterocycles. The van der Waals surface area contributed by atoms with Crippen LogP contribution < -0.4 is 0 Å². The number of rotatable bonds is 4. The average molecular weight is 367 g/mol. The molecule has 0 aromatic heterocycles. The Hall–Kier alpha value is -0.860. The van der Waals surface area contributed by atoms with Crippen LogP contribution in [0.1, 0.15) is 6.92 Å². The number of halogens is 2. The minimum Gasteiger partial charge on any atom is -0.480 e. The van der Waals surface area contributed by atoms with Crippen LogP contribution in [0.25, 0.3) is 0 Å². The summed E-state index contributed by atoms with van der Waals surface area (Å²) in [5.74, 6) is -0.916. The zero-order valence-corrected chi connectivity index (χ0v) is 14.2. The lowest BCUT2D eigenvalue weighted by Crippen LogP contribution is -2.53. The van der Waals surface area contributed by atoms with Crippen molar-refractivity contribution in [2.75, 3.05) is 26.2 Å². The second kappa shape index (κ2) is 6.72. The Balaban J connectivity index is 2.12. The molecule has 0 amide bonds. The van der Waals surface area contributed by atoms with Crippen LogP contribution in [-0.2, 0) is 14.8 Å². The molecule has 1 aromatic carbocycles. The third-order valence-electron chi connectivity index (χ3n) is 3.71. The van der Waals surface area contributed by atoms with E-state index in [4.69, 9.17) is 28.3 Å². The van der Waals surface area contributed by atoms with Gasteiger partial charge in [-0.15, -0.1) is 0 Å². The summed E-state index contributed by atoms with van der Waals surface area (Å²) >= 11 is 11.7. The highest BCUT2D eigenvalue weighted by Crippen LogP contribution is 2.27. The van der Waals surface area contributed by atoms with Crippen LogP contribution in [-0.4, -0.2) is 60.9 Å². The van der Waals surface area contributed by atoms with Crippen LogP contribution in [0.2, 0.25) is 10.0 Å². The number of benzene rings is 1. The van der Waals surface area contributed by atoms with Gasteiger partial charge < -0.3 is 5.11 Å². The molecule has 0 aliphatic carbocycles. The number of carboxylic acids is 1. The van der Waals surface area contributed by atoms with Crippen molar-refractivity contribution in [3.63, 3.8) is 0 Å². The van der Waals surface area contributed by atoms with E-state index >= 15 is 0 Å². The summed E-state index contributed by atoms with van der Waals surface area (Å²) < 4.78 is 26.4. The fourth-order valence-corrected chi connectivity index (χ4v) is 4.09. The van der Waals surface area contributed by atoms with Crippen molar-refractivity contribution in [2.45, 2.75) is 17.9 Å². The molecule has 122 valence electrons. The molecule has 1 saturated heterocycles. The number of carboxylic acid groups (broad SMARTS) is 1. The zero-order chi connectivity index (χ0) is 16.5. The third-order valence-corrected chi connectivity index (χ3v) is 6.34. The standard InChI is InChI=1S/C13H16Cl2N2O4S/c1-9(13(18)19)16-4-6-17(7-5-16)22(20,21)10-2-3-11(14)12(15)8-10/h2-3,8-9H,4-7H2,1H3,(H,18,19). The Kier molecular flexibility index (Phi) is 5.34. The lowest BCUT2D eigenvalue weighted by atomic mass is 10.2. The van der Waals surface area contributed by atoms with E-state index in [9.17, 15) is 13.2 Å². The van der Waals surface area contributed by atoms with Crippen LogP contribution in [0.4, 0.5) is 0 Å². The summed E-state index contributed by atoms with van der Waals surface area (Å²) in [6.45, 7) is 2.80. The van der Waals surface area contributed by atoms with Crippen molar-refractivity contribution in [3.8, 4) is 0 Å². The second-order valence-electron chi connectivity index (χ2n) is 5.03. The summed E-state index contributed by atoms with van der Waals surface area (Å²) in [6.07, 6.45) is 0. The molecule has 6 nitrogen and oxygen atoms in total. The van der Waals surface area contributed by atoms with E-state index in [0.29, 0.717) is 18.1 Å². The highest BCUT2D eigenvalue weighted by atomic mass is 35.5. The van der Waals surface area contributed by atoms with E-state index in [0.717, 1.165) is 0 Å². The summed E-state index contributed by atoms with van der Waals surface area (Å²) in [5, 5.41) is 9.47. The molecule has 1 atom stereocenters. The van der Waals surface area contributed by atoms with E-state index in [2.05, 4.69) is 0 Å². The van der Waals surface area contributed by atoms with Crippen molar-refractivity contribution in [3.05, 3.63) is 28.2 Å². The van der Waals surface area contributed by atoms with Crippen LogP contribution in [0.15, 0.2) is 23.1 Å². The molecule has 0 saturated carbocycles. The van der Waals surface area contributed by atoms with Crippen molar-refractivity contribution in [1.29, 1.82) is 0 Å². The monoisotopic (exact) mass is 366 g/mol.